The van der Waals surface area contributed by atoms with Crippen LogP contribution in [0.4, 0.5) is 0 Å². The summed E-state index contributed by atoms with van der Waals surface area (Å²) in [4.78, 5) is 13.0. The minimum atomic E-state index is -0.0973. The second-order valence-electron chi connectivity index (χ2n) is 6.00. The van der Waals surface area contributed by atoms with Crippen LogP contribution in [-0.4, -0.2) is 5.78 Å². The van der Waals surface area contributed by atoms with Crippen LogP contribution in [0.3, 0.4) is 0 Å². The molecule has 0 bridgehead atoms. The van der Waals surface area contributed by atoms with Gasteiger partial charge in [0.25, 0.3) is 0 Å². The second kappa shape index (κ2) is 6.51. The molecule has 3 heteroatoms. The molecule has 1 aliphatic rings. The van der Waals surface area contributed by atoms with Crippen molar-refractivity contribution in [1.82, 2.24) is 0 Å². The first-order valence-corrected chi connectivity index (χ1v) is 8.76. The summed E-state index contributed by atoms with van der Waals surface area (Å²) in [7, 11) is 0. The highest BCUT2D eigenvalue weighted by Crippen LogP contribution is 2.43. The molecule has 0 N–H and O–H groups in total. The number of halogens is 2. The molecule has 0 saturated heterocycles. The Labute approximate surface area is 156 Å². The van der Waals surface area contributed by atoms with E-state index in [1.54, 1.807) is 6.07 Å². The summed E-state index contributed by atoms with van der Waals surface area (Å²) in [6.45, 7) is 0. The number of fused-ring (bicyclic) bond motifs is 1. The third-order valence-corrected chi connectivity index (χ3v) is 5.35. The average Bonchev–Trinajstić information content (AvgIpc) is 2.92. The lowest BCUT2D eigenvalue weighted by atomic mass is 9.89. The number of Topliss-reactive ketones (excluding diaryl/α,β-unsaturated/α-hetero) is 1. The van der Waals surface area contributed by atoms with Crippen LogP contribution in [0.1, 0.15) is 33.0 Å². The van der Waals surface area contributed by atoms with Gasteiger partial charge in [-0.1, -0.05) is 89.9 Å². The van der Waals surface area contributed by atoms with Crippen molar-refractivity contribution in [2.24, 2.45) is 0 Å². The Kier molecular flexibility index (Phi) is 4.20. The molecule has 0 aliphatic heterocycles. The van der Waals surface area contributed by atoms with Crippen molar-refractivity contribution in [2.75, 3.05) is 0 Å². The highest BCUT2D eigenvalue weighted by Gasteiger charge is 2.35. The number of hydrogen-bond acceptors (Lipinski definition) is 1. The van der Waals surface area contributed by atoms with Gasteiger partial charge in [-0.3, -0.25) is 4.79 Å². The molecular formula is C22H14Cl2O. The largest absolute Gasteiger partial charge is 0.289 e. The van der Waals surface area contributed by atoms with Crippen molar-refractivity contribution in [1.29, 1.82) is 0 Å². The van der Waals surface area contributed by atoms with Crippen LogP contribution in [0.2, 0.25) is 10.0 Å². The van der Waals surface area contributed by atoms with Gasteiger partial charge >= 0.3 is 0 Å². The molecule has 0 saturated carbocycles. The molecule has 122 valence electrons. The van der Waals surface area contributed by atoms with Gasteiger partial charge in [0.15, 0.2) is 5.78 Å². The maximum absolute atomic E-state index is 13.0. The van der Waals surface area contributed by atoms with E-state index in [-0.39, 0.29) is 11.7 Å². The van der Waals surface area contributed by atoms with E-state index in [9.17, 15) is 4.79 Å². The van der Waals surface area contributed by atoms with Crippen molar-refractivity contribution < 1.29 is 4.79 Å². The summed E-state index contributed by atoms with van der Waals surface area (Å²) in [5.74, 6) is -0.0551. The van der Waals surface area contributed by atoms with E-state index < -0.39 is 0 Å². The van der Waals surface area contributed by atoms with E-state index in [0.717, 1.165) is 27.8 Å². The molecule has 0 heterocycles. The van der Waals surface area contributed by atoms with Crippen LogP contribution >= 0.6 is 23.2 Å². The molecular weight excluding hydrogens is 351 g/mol. The minimum absolute atomic E-state index is 0.0421. The Balaban J connectivity index is 1.93. The normalized spacial score (nSPS) is 17.8. The van der Waals surface area contributed by atoms with Crippen molar-refractivity contribution in [3.8, 4) is 0 Å². The van der Waals surface area contributed by atoms with Crippen molar-refractivity contribution in [3.63, 3.8) is 0 Å². The van der Waals surface area contributed by atoms with Gasteiger partial charge in [-0.05, 0) is 28.8 Å². The smallest absolute Gasteiger partial charge is 0.190 e. The molecule has 3 aromatic carbocycles. The van der Waals surface area contributed by atoms with Crippen LogP contribution in [0.25, 0.3) is 6.08 Å². The monoisotopic (exact) mass is 364 g/mol. The maximum atomic E-state index is 13.0. The Hall–Kier alpha value is -2.35. The average molecular weight is 365 g/mol. The van der Waals surface area contributed by atoms with Gasteiger partial charge in [0, 0.05) is 17.1 Å². The third kappa shape index (κ3) is 2.80. The predicted octanol–water partition coefficient (Wildman–Crippen LogP) is 6.41. The first kappa shape index (κ1) is 16.1. The summed E-state index contributed by atoms with van der Waals surface area (Å²) < 4.78 is 0. The molecule has 1 atom stereocenters. The van der Waals surface area contributed by atoms with E-state index in [4.69, 9.17) is 23.2 Å². The topological polar surface area (TPSA) is 17.1 Å². The van der Waals surface area contributed by atoms with Crippen molar-refractivity contribution in [2.45, 2.75) is 5.92 Å². The highest BCUT2D eigenvalue weighted by molar-refractivity contribution is 6.43. The molecule has 0 aromatic heterocycles. The molecule has 0 radical (unpaired) electrons. The van der Waals surface area contributed by atoms with Gasteiger partial charge in [-0.15, -0.1) is 0 Å². The van der Waals surface area contributed by atoms with E-state index in [1.165, 1.54) is 0 Å². The minimum Gasteiger partial charge on any atom is -0.289 e. The first-order valence-electron chi connectivity index (χ1n) is 8.01. The van der Waals surface area contributed by atoms with E-state index in [1.807, 2.05) is 72.8 Å². The lowest BCUT2D eigenvalue weighted by molar-refractivity contribution is 0.103. The lowest BCUT2D eigenvalue weighted by Gasteiger charge is -2.14. The van der Waals surface area contributed by atoms with Crippen LogP contribution < -0.4 is 0 Å². The summed E-state index contributed by atoms with van der Waals surface area (Å²) in [6.07, 6.45) is 1.87. The van der Waals surface area contributed by atoms with Gasteiger partial charge in [0.05, 0.1) is 10.0 Å². The second-order valence-corrected chi connectivity index (χ2v) is 6.79. The molecule has 25 heavy (non-hydrogen) atoms. The SMILES string of the molecule is O=C1/C(=C\c2cccc(Cl)c2Cl)C(c2ccccc2)c2ccccc21. The Bertz CT molecular complexity index is 990. The number of carbonyl (C=O) groups is 1. The molecule has 1 unspecified atom stereocenters. The molecule has 1 aliphatic carbocycles. The number of ketones is 1. The third-order valence-electron chi connectivity index (χ3n) is 4.51. The first-order chi connectivity index (χ1) is 12.2. The van der Waals surface area contributed by atoms with Crippen LogP contribution in [0, 0.1) is 0 Å². The molecule has 4 rings (SSSR count). The van der Waals surface area contributed by atoms with Crippen molar-refractivity contribution >= 4 is 35.1 Å². The fraction of sp³-hybridized carbons (Fsp3) is 0.0455. The molecule has 1 nitrogen and oxygen atoms in total. The number of rotatable bonds is 2. The standard InChI is InChI=1S/C22H14Cl2O/c23-19-12-6-9-15(21(19)24)13-18-20(14-7-2-1-3-8-14)16-10-4-5-11-17(16)22(18)25/h1-13,20H/b18-13-. The molecule has 0 amide bonds. The van der Waals surface area contributed by atoms with Crippen LogP contribution in [0.5, 0.6) is 0 Å². The zero-order valence-corrected chi connectivity index (χ0v) is 14.8. The Morgan fingerprint density at radius 3 is 2.32 bits per heavy atom. The zero-order chi connectivity index (χ0) is 17.4. The fourth-order valence-corrected chi connectivity index (χ4v) is 3.73. The number of benzene rings is 3. The van der Waals surface area contributed by atoms with E-state index in [0.29, 0.717) is 10.0 Å². The summed E-state index contributed by atoms with van der Waals surface area (Å²) in [5.41, 5.74) is 4.34. The van der Waals surface area contributed by atoms with Crippen LogP contribution in [-0.2, 0) is 0 Å². The van der Waals surface area contributed by atoms with Gasteiger partial charge < -0.3 is 0 Å². The summed E-state index contributed by atoms with van der Waals surface area (Å²) in [6, 6.07) is 23.3. The van der Waals surface area contributed by atoms with Gasteiger partial charge in [0.1, 0.15) is 0 Å². The number of allylic oxidation sites excluding steroid dienone is 1. The predicted molar refractivity (Wildman–Crippen MR) is 103 cm³/mol. The molecule has 3 aromatic rings. The maximum Gasteiger partial charge on any atom is 0.190 e. The molecule has 0 spiro atoms. The van der Waals surface area contributed by atoms with E-state index >= 15 is 0 Å². The van der Waals surface area contributed by atoms with Gasteiger partial charge in [-0.2, -0.15) is 0 Å². The zero-order valence-electron chi connectivity index (χ0n) is 13.2. The summed E-state index contributed by atoms with van der Waals surface area (Å²) >= 11 is 12.5. The quantitative estimate of drug-likeness (QED) is 0.480. The van der Waals surface area contributed by atoms with Gasteiger partial charge in [-0.25, -0.2) is 0 Å². The van der Waals surface area contributed by atoms with E-state index in [2.05, 4.69) is 0 Å². The van der Waals surface area contributed by atoms with Crippen molar-refractivity contribution in [3.05, 3.63) is 111 Å². The lowest BCUT2D eigenvalue weighted by Crippen LogP contribution is -2.02. The van der Waals surface area contributed by atoms with Gasteiger partial charge in [0.2, 0.25) is 0 Å². The fourth-order valence-electron chi connectivity index (χ4n) is 3.36. The van der Waals surface area contributed by atoms with Crippen LogP contribution in [0.15, 0.2) is 78.4 Å². The highest BCUT2D eigenvalue weighted by atomic mass is 35.5. The summed E-state index contributed by atoms with van der Waals surface area (Å²) in [5, 5.41) is 0.947. The Morgan fingerprint density at radius 2 is 1.52 bits per heavy atom. The number of hydrogen-bond donors (Lipinski definition) is 0. The Morgan fingerprint density at radius 1 is 0.800 bits per heavy atom. The number of carbonyl (C=O) groups excluding carboxylic acids is 1. The molecule has 0 fully saturated rings.